The summed E-state index contributed by atoms with van der Waals surface area (Å²) in [6.45, 7) is 3.72. The first-order chi connectivity index (χ1) is 9.81. The van der Waals surface area contributed by atoms with E-state index in [0.29, 0.717) is 24.8 Å². The average molecular weight is 315 g/mol. The van der Waals surface area contributed by atoms with E-state index in [2.05, 4.69) is 4.72 Å². The monoisotopic (exact) mass is 315 g/mol. The molecule has 1 rings (SSSR count). The number of carboxylic acid groups (broad SMARTS) is 1. The van der Waals surface area contributed by atoms with Crippen LogP contribution in [-0.2, 0) is 16.4 Å². The molecule has 1 aromatic rings. The Morgan fingerprint density at radius 2 is 2.00 bits per heavy atom. The molecule has 0 bridgehead atoms. The number of carbonyl (C=O) groups is 1. The highest BCUT2D eigenvalue weighted by Crippen LogP contribution is 2.18. The summed E-state index contributed by atoms with van der Waals surface area (Å²) in [5.74, 6) is -1.17. The SMILES string of the molecule is CCc1ccc(C(=O)O)cc1S(=O)(=O)NCCC(O)CC. The lowest BCUT2D eigenvalue weighted by Gasteiger charge is -2.12. The van der Waals surface area contributed by atoms with Crippen molar-refractivity contribution in [2.75, 3.05) is 6.54 Å². The van der Waals surface area contributed by atoms with Gasteiger partial charge in [-0.3, -0.25) is 0 Å². The molecule has 1 unspecified atom stereocenters. The number of sulfonamides is 1. The summed E-state index contributed by atoms with van der Waals surface area (Å²) in [6, 6.07) is 4.07. The van der Waals surface area contributed by atoms with Gasteiger partial charge < -0.3 is 10.2 Å². The third-order valence-corrected chi connectivity index (χ3v) is 4.77. The van der Waals surface area contributed by atoms with E-state index in [1.165, 1.54) is 18.2 Å². The van der Waals surface area contributed by atoms with E-state index in [1.54, 1.807) is 6.92 Å². The molecule has 0 saturated heterocycles. The molecule has 0 heterocycles. The average Bonchev–Trinajstić information content (AvgIpc) is 2.45. The molecule has 0 saturated carbocycles. The van der Waals surface area contributed by atoms with Crippen LogP contribution in [0.2, 0.25) is 0 Å². The molecule has 0 aromatic heterocycles. The van der Waals surface area contributed by atoms with E-state index in [-0.39, 0.29) is 17.0 Å². The summed E-state index contributed by atoms with van der Waals surface area (Å²) < 4.78 is 26.9. The Bertz CT molecular complexity index is 597. The Morgan fingerprint density at radius 1 is 1.33 bits per heavy atom. The Hall–Kier alpha value is -1.44. The largest absolute Gasteiger partial charge is 0.478 e. The molecule has 118 valence electrons. The lowest BCUT2D eigenvalue weighted by Crippen LogP contribution is -2.28. The lowest BCUT2D eigenvalue weighted by atomic mass is 10.1. The second-order valence-electron chi connectivity index (χ2n) is 4.73. The van der Waals surface area contributed by atoms with Gasteiger partial charge in [-0.1, -0.05) is 19.9 Å². The van der Waals surface area contributed by atoms with Gasteiger partial charge in [0.1, 0.15) is 0 Å². The number of hydrogen-bond donors (Lipinski definition) is 3. The van der Waals surface area contributed by atoms with Gasteiger partial charge in [0.05, 0.1) is 16.6 Å². The number of aliphatic hydroxyl groups is 1. The second-order valence-corrected chi connectivity index (χ2v) is 6.47. The van der Waals surface area contributed by atoms with Crippen LogP contribution in [0.25, 0.3) is 0 Å². The first-order valence-corrected chi connectivity index (χ1v) is 8.34. The van der Waals surface area contributed by atoms with Crippen molar-refractivity contribution in [1.29, 1.82) is 0 Å². The fraction of sp³-hybridized carbons (Fsp3) is 0.500. The molecular formula is C14H21NO5S. The Kier molecular flexibility index (Phi) is 6.32. The van der Waals surface area contributed by atoms with Gasteiger partial charge >= 0.3 is 5.97 Å². The molecule has 0 fully saturated rings. The van der Waals surface area contributed by atoms with Crippen LogP contribution in [0.1, 0.15) is 42.6 Å². The van der Waals surface area contributed by atoms with Gasteiger partial charge in [-0.15, -0.1) is 0 Å². The Morgan fingerprint density at radius 3 is 2.52 bits per heavy atom. The van der Waals surface area contributed by atoms with Crippen LogP contribution < -0.4 is 4.72 Å². The van der Waals surface area contributed by atoms with E-state index >= 15 is 0 Å². The molecule has 7 heteroatoms. The highest BCUT2D eigenvalue weighted by Gasteiger charge is 2.20. The predicted molar refractivity (Wildman–Crippen MR) is 78.9 cm³/mol. The molecule has 21 heavy (non-hydrogen) atoms. The van der Waals surface area contributed by atoms with Crippen molar-refractivity contribution >= 4 is 16.0 Å². The number of aliphatic hydroxyl groups excluding tert-OH is 1. The van der Waals surface area contributed by atoms with Gasteiger partial charge in [0, 0.05) is 6.54 Å². The minimum atomic E-state index is -3.79. The minimum Gasteiger partial charge on any atom is -0.478 e. The molecular weight excluding hydrogens is 294 g/mol. The number of rotatable bonds is 8. The van der Waals surface area contributed by atoms with Crippen LogP contribution in [0.3, 0.4) is 0 Å². The van der Waals surface area contributed by atoms with E-state index in [0.717, 1.165) is 0 Å². The Balaban J connectivity index is 3.00. The number of benzene rings is 1. The quantitative estimate of drug-likeness (QED) is 0.672. The molecule has 1 atom stereocenters. The first-order valence-electron chi connectivity index (χ1n) is 6.85. The molecule has 0 radical (unpaired) electrons. The van der Waals surface area contributed by atoms with Crippen molar-refractivity contribution in [3.63, 3.8) is 0 Å². The summed E-state index contributed by atoms with van der Waals surface area (Å²) in [5.41, 5.74) is 0.490. The zero-order chi connectivity index (χ0) is 16.0. The Labute approximate surface area is 124 Å². The molecule has 0 aliphatic heterocycles. The maximum Gasteiger partial charge on any atom is 0.335 e. The number of carboxylic acids is 1. The first kappa shape index (κ1) is 17.6. The van der Waals surface area contributed by atoms with E-state index in [9.17, 15) is 18.3 Å². The molecule has 3 N–H and O–H groups in total. The summed E-state index contributed by atoms with van der Waals surface area (Å²) in [4.78, 5) is 11.0. The van der Waals surface area contributed by atoms with Crippen LogP contribution in [0, 0.1) is 0 Å². The molecule has 1 aromatic carbocycles. The zero-order valence-electron chi connectivity index (χ0n) is 12.2. The van der Waals surface area contributed by atoms with Gasteiger partial charge in [0.2, 0.25) is 10.0 Å². The van der Waals surface area contributed by atoms with Crippen LogP contribution in [-0.4, -0.2) is 37.2 Å². The minimum absolute atomic E-state index is 0.0177. The summed E-state index contributed by atoms with van der Waals surface area (Å²) in [5, 5.41) is 18.4. The van der Waals surface area contributed by atoms with Gasteiger partial charge in [-0.2, -0.15) is 0 Å². The van der Waals surface area contributed by atoms with Crippen LogP contribution >= 0.6 is 0 Å². The fourth-order valence-electron chi connectivity index (χ4n) is 1.87. The normalized spacial score (nSPS) is 13.1. The summed E-state index contributed by atoms with van der Waals surface area (Å²) in [7, 11) is -3.79. The second kappa shape index (κ2) is 7.53. The van der Waals surface area contributed by atoms with Gasteiger partial charge in [-0.05, 0) is 37.0 Å². The standard InChI is InChI=1S/C14H21NO5S/c1-3-10-5-6-11(14(17)18)9-13(10)21(19,20)15-8-7-12(16)4-2/h5-6,9,12,15-16H,3-4,7-8H2,1-2H3,(H,17,18). The van der Waals surface area contributed by atoms with E-state index in [4.69, 9.17) is 5.11 Å². The lowest BCUT2D eigenvalue weighted by molar-refractivity contribution is 0.0696. The summed E-state index contributed by atoms with van der Waals surface area (Å²) in [6.07, 6.45) is 0.795. The van der Waals surface area contributed by atoms with Gasteiger partial charge in [0.25, 0.3) is 0 Å². The smallest absolute Gasteiger partial charge is 0.335 e. The molecule has 0 aliphatic carbocycles. The van der Waals surface area contributed by atoms with Crippen molar-refractivity contribution in [3.8, 4) is 0 Å². The predicted octanol–water partition coefficient (Wildman–Crippen LogP) is 1.39. The van der Waals surface area contributed by atoms with Crippen molar-refractivity contribution in [2.45, 2.75) is 44.1 Å². The third-order valence-electron chi connectivity index (χ3n) is 3.23. The number of nitrogens with one attached hydrogen (secondary N) is 1. The van der Waals surface area contributed by atoms with E-state index < -0.39 is 22.1 Å². The molecule has 0 spiro atoms. The van der Waals surface area contributed by atoms with Crippen molar-refractivity contribution in [1.82, 2.24) is 4.72 Å². The number of aromatic carboxylic acids is 1. The van der Waals surface area contributed by atoms with Crippen molar-refractivity contribution in [2.24, 2.45) is 0 Å². The van der Waals surface area contributed by atoms with E-state index in [1.807, 2.05) is 6.92 Å². The van der Waals surface area contributed by atoms with Crippen molar-refractivity contribution < 1.29 is 23.4 Å². The molecule has 0 aliphatic rings. The topological polar surface area (TPSA) is 104 Å². The number of aryl methyl sites for hydroxylation is 1. The maximum absolute atomic E-state index is 12.3. The van der Waals surface area contributed by atoms with Crippen LogP contribution in [0.5, 0.6) is 0 Å². The fourth-order valence-corrected chi connectivity index (χ4v) is 3.25. The van der Waals surface area contributed by atoms with Crippen LogP contribution in [0.4, 0.5) is 0 Å². The third kappa shape index (κ3) is 4.80. The van der Waals surface area contributed by atoms with Gasteiger partial charge in [-0.25, -0.2) is 17.9 Å². The zero-order valence-corrected chi connectivity index (χ0v) is 13.0. The highest BCUT2D eigenvalue weighted by atomic mass is 32.2. The maximum atomic E-state index is 12.3. The number of hydrogen-bond acceptors (Lipinski definition) is 4. The molecule has 6 nitrogen and oxygen atoms in total. The molecule has 0 amide bonds. The summed E-state index contributed by atoms with van der Waals surface area (Å²) >= 11 is 0. The van der Waals surface area contributed by atoms with Gasteiger partial charge in [0.15, 0.2) is 0 Å². The highest BCUT2D eigenvalue weighted by molar-refractivity contribution is 7.89. The van der Waals surface area contributed by atoms with Crippen LogP contribution in [0.15, 0.2) is 23.1 Å². The van der Waals surface area contributed by atoms with Crippen molar-refractivity contribution in [3.05, 3.63) is 29.3 Å².